The number of thioether (sulfide) groups is 1. The highest BCUT2D eigenvalue weighted by atomic mass is 32.2. The van der Waals surface area contributed by atoms with Crippen LogP contribution >= 0.6 is 11.8 Å². The van der Waals surface area contributed by atoms with Crippen LogP contribution in [0.2, 0.25) is 0 Å². The first-order valence-electron chi connectivity index (χ1n) is 3.32. The second-order valence-electron chi connectivity index (χ2n) is 2.99. The summed E-state index contributed by atoms with van der Waals surface area (Å²) in [6.45, 7) is 3.99. The Morgan fingerprint density at radius 3 is 3.09 bits per heavy atom. The molecule has 1 aromatic rings. The van der Waals surface area contributed by atoms with Crippen molar-refractivity contribution in [2.45, 2.75) is 24.5 Å². The van der Waals surface area contributed by atoms with Crippen LogP contribution < -0.4 is 9.79 Å². The van der Waals surface area contributed by atoms with E-state index in [1.165, 1.54) is 0 Å². The largest absolute Gasteiger partial charge is 0.539 e. The van der Waals surface area contributed by atoms with E-state index in [1.807, 2.05) is 13.8 Å². The lowest BCUT2D eigenvalue weighted by molar-refractivity contribution is -0.746. The molecule has 0 bridgehead atoms. The fourth-order valence-electron chi connectivity index (χ4n) is 1.21. The van der Waals surface area contributed by atoms with Crippen molar-refractivity contribution in [3.8, 4) is 5.95 Å². The average molecular weight is 172 g/mol. The molecule has 0 radical (unpaired) electrons. The Balaban J connectivity index is 2.60. The first kappa shape index (κ1) is 6.97. The zero-order chi connectivity index (χ0) is 8.06. The fourth-order valence-corrected chi connectivity index (χ4v) is 2.16. The van der Waals surface area contributed by atoms with E-state index in [0.29, 0.717) is 11.6 Å². The van der Waals surface area contributed by atoms with Crippen molar-refractivity contribution >= 4 is 11.8 Å². The highest BCUT2D eigenvalue weighted by molar-refractivity contribution is 7.99. The lowest BCUT2D eigenvalue weighted by atomic mass is 10.1. The van der Waals surface area contributed by atoms with Gasteiger partial charge in [-0.1, -0.05) is 16.4 Å². The summed E-state index contributed by atoms with van der Waals surface area (Å²) in [5.74, 6) is 0.411. The van der Waals surface area contributed by atoms with E-state index in [4.69, 9.17) is 0 Å². The maximum Gasteiger partial charge on any atom is 0.249 e. The molecule has 0 fully saturated rings. The zero-order valence-corrected chi connectivity index (χ0v) is 7.14. The van der Waals surface area contributed by atoms with Gasteiger partial charge < -0.3 is 9.63 Å². The van der Waals surface area contributed by atoms with Crippen LogP contribution in [0.5, 0.6) is 5.95 Å². The summed E-state index contributed by atoms with van der Waals surface area (Å²) < 4.78 is 5.99. The van der Waals surface area contributed by atoms with E-state index in [-0.39, 0.29) is 10.7 Å². The lowest BCUT2D eigenvalue weighted by Gasteiger charge is -2.09. The van der Waals surface area contributed by atoms with Crippen molar-refractivity contribution in [1.82, 2.24) is 5.27 Å². The summed E-state index contributed by atoms with van der Waals surface area (Å²) >= 11 is 1.69. The third-order valence-electron chi connectivity index (χ3n) is 1.79. The molecule has 0 saturated heterocycles. The number of nitrogens with zero attached hydrogens (tertiary/aromatic N) is 2. The Labute approximate surface area is 68.2 Å². The van der Waals surface area contributed by atoms with Gasteiger partial charge in [-0.2, -0.15) is 0 Å². The summed E-state index contributed by atoms with van der Waals surface area (Å²) in [7, 11) is 0. The summed E-state index contributed by atoms with van der Waals surface area (Å²) in [5, 5.41) is 14.7. The molecular weight excluding hydrogens is 164 g/mol. The smallest absolute Gasteiger partial charge is 0.249 e. The molecule has 11 heavy (non-hydrogen) atoms. The van der Waals surface area contributed by atoms with E-state index in [9.17, 15) is 5.11 Å². The molecule has 0 amide bonds. The molecule has 2 rings (SSSR count). The first-order valence-corrected chi connectivity index (χ1v) is 4.31. The van der Waals surface area contributed by atoms with Gasteiger partial charge in [0.2, 0.25) is 11.6 Å². The van der Waals surface area contributed by atoms with Crippen molar-refractivity contribution in [1.29, 1.82) is 0 Å². The summed E-state index contributed by atoms with van der Waals surface area (Å²) in [6, 6.07) is 0. The van der Waals surface area contributed by atoms with E-state index in [0.717, 1.165) is 0 Å². The second kappa shape index (κ2) is 1.91. The molecule has 0 N–H and O–H groups in total. The first-order chi connectivity index (χ1) is 5.11. The Hall–Kier alpha value is -0.710. The number of fused-ring (bicyclic) bond motifs is 1. The van der Waals surface area contributed by atoms with Crippen molar-refractivity contribution in [2.75, 3.05) is 0 Å². The zero-order valence-electron chi connectivity index (χ0n) is 6.33. The molecule has 0 unspecified atom stereocenters. The Bertz CT molecular complexity index is 295. The minimum atomic E-state index is -0.306. The third-order valence-corrected chi connectivity index (χ3v) is 3.08. The second-order valence-corrected chi connectivity index (χ2v) is 4.56. The number of aromatic nitrogens is 2. The van der Waals surface area contributed by atoms with Gasteiger partial charge in [0.25, 0.3) is 0 Å². The van der Waals surface area contributed by atoms with Gasteiger partial charge in [-0.15, -0.1) is 0 Å². The molecule has 5 heteroatoms. The monoisotopic (exact) mass is 172 g/mol. The summed E-state index contributed by atoms with van der Waals surface area (Å²) in [4.78, 5) is 0. The maximum atomic E-state index is 11.1. The molecule has 0 saturated carbocycles. The summed E-state index contributed by atoms with van der Waals surface area (Å²) in [6.07, 6.45) is 0. The molecule has 4 nitrogen and oxygen atoms in total. The number of hydrogen-bond acceptors (Lipinski definition) is 4. The van der Waals surface area contributed by atoms with Crippen LogP contribution in [-0.2, 0) is 10.6 Å². The van der Waals surface area contributed by atoms with Gasteiger partial charge in [-0.25, -0.2) is 0 Å². The van der Waals surface area contributed by atoms with Gasteiger partial charge >= 0.3 is 0 Å². The Morgan fingerprint density at radius 2 is 2.45 bits per heavy atom. The van der Waals surface area contributed by atoms with E-state index >= 15 is 0 Å². The van der Waals surface area contributed by atoms with Crippen molar-refractivity contribution < 1.29 is 14.3 Å². The molecule has 1 aliphatic heterocycles. The predicted octanol–water partition coefficient (Wildman–Crippen LogP) is -0.0249. The van der Waals surface area contributed by atoms with Crippen molar-refractivity contribution in [3.05, 3.63) is 5.69 Å². The van der Waals surface area contributed by atoms with Crippen molar-refractivity contribution in [3.63, 3.8) is 0 Å². The average Bonchev–Trinajstić information content (AvgIpc) is 2.38. The maximum absolute atomic E-state index is 11.1. The van der Waals surface area contributed by atoms with Gasteiger partial charge in [-0.05, 0) is 13.8 Å². The molecule has 0 atom stereocenters. The molecule has 1 aromatic heterocycles. The number of hydrogen-bond donors (Lipinski definition) is 0. The van der Waals surface area contributed by atoms with Crippen LogP contribution in [-0.4, -0.2) is 5.27 Å². The van der Waals surface area contributed by atoms with Crippen LogP contribution in [0.4, 0.5) is 0 Å². The topological polar surface area (TPSA) is 53.0 Å². The van der Waals surface area contributed by atoms with Gasteiger partial charge in [0.15, 0.2) is 5.95 Å². The van der Waals surface area contributed by atoms with Gasteiger partial charge in [-0.3, -0.25) is 0 Å². The normalized spacial score (nSPS) is 20.2. The van der Waals surface area contributed by atoms with E-state index in [1.54, 1.807) is 16.4 Å². The summed E-state index contributed by atoms with van der Waals surface area (Å²) in [5.41, 5.74) is 0.669. The quantitative estimate of drug-likeness (QED) is 0.516. The van der Waals surface area contributed by atoms with E-state index in [2.05, 4.69) is 9.79 Å². The lowest BCUT2D eigenvalue weighted by Crippen LogP contribution is -2.35. The fraction of sp³-hybridized carbons (Fsp3) is 0.667. The Kier molecular flexibility index (Phi) is 1.21. The highest BCUT2D eigenvalue weighted by Crippen LogP contribution is 2.41. The predicted molar refractivity (Wildman–Crippen MR) is 36.8 cm³/mol. The molecular formula is C6H8N2O2S. The molecule has 0 spiro atoms. The standard InChI is InChI=1S/C6H8N2O2S/c1-6(2)4-5(9)10-7-8(4)3-11-6/h3H2,1-2H3. The van der Waals surface area contributed by atoms with Gasteiger partial charge in [0.05, 0.1) is 5.27 Å². The van der Waals surface area contributed by atoms with Crippen LogP contribution in [0.1, 0.15) is 19.5 Å². The van der Waals surface area contributed by atoms with Crippen LogP contribution in [0.15, 0.2) is 4.52 Å². The van der Waals surface area contributed by atoms with Crippen molar-refractivity contribution in [2.24, 2.45) is 0 Å². The molecule has 1 aliphatic rings. The molecule has 60 valence electrons. The molecule has 0 aliphatic carbocycles. The minimum Gasteiger partial charge on any atom is -0.539 e. The van der Waals surface area contributed by atoms with E-state index < -0.39 is 0 Å². The number of rotatable bonds is 0. The molecule has 0 aromatic carbocycles. The van der Waals surface area contributed by atoms with Crippen LogP contribution in [0, 0.1) is 0 Å². The minimum absolute atomic E-state index is 0.142. The van der Waals surface area contributed by atoms with Crippen LogP contribution in [0.3, 0.4) is 0 Å². The Morgan fingerprint density at radius 1 is 1.73 bits per heavy atom. The third kappa shape index (κ3) is 0.837. The molecule has 2 heterocycles. The highest BCUT2D eigenvalue weighted by Gasteiger charge is 2.42. The SMILES string of the molecule is CC1(C)SC[n+]2noc([O-])c21. The van der Waals surface area contributed by atoms with Crippen LogP contribution in [0.25, 0.3) is 0 Å². The van der Waals surface area contributed by atoms with Gasteiger partial charge in [0, 0.05) is 0 Å². The van der Waals surface area contributed by atoms with Gasteiger partial charge in [0.1, 0.15) is 4.75 Å².